The molecule has 0 unspecified atom stereocenters. The zero-order valence-corrected chi connectivity index (χ0v) is 12.2. The van der Waals surface area contributed by atoms with E-state index < -0.39 is 21.5 Å². The molecule has 7 heteroatoms. The molecular weight excluding hydrogens is 295 g/mol. The summed E-state index contributed by atoms with van der Waals surface area (Å²) in [5.41, 5.74) is 5.79. The summed E-state index contributed by atoms with van der Waals surface area (Å²) in [6.07, 6.45) is 0. The molecule has 112 valence electrons. The predicted octanol–water partition coefficient (Wildman–Crippen LogP) is 1.90. The van der Waals surface area contributed by atoms with E-state index in [2.05, 4.69) is 4.72 Å². The third-order valence-corrected chi connectivity index (χ3v) is 4.36. The Balaban J connectivity index is 2.20. The molecule has 0 saturated carbocycles. The molecule has 0 aromatic heterocycles. The second-order valence-electron chi connectivity index (χ2n) is 4.33. The van der Waals surface area contributed by atoms with Crippen LogP contribution in [-0.2, 0) is 16.6 Å². The zero-order chi connectivity index (χ0) is 15.5. The van der Waals surface area contributed by atoms with Crippen LogP contribution in [0.3, 0.4) is 0 Å². The van der Waals surface area contributed by atoms with Crippen LogP contribution in [0, 0.1) is 5.82 Å². The molecule has 2 aromatic carbocycles. The van der Waals surface area contributed by atoms with E-state index in [4.69, 9.17) is 10.5 Å². The van der Waals surface area contributed by atoms with Crippen LogP contribution in [0.1, 0.15) is 5.56 Å². The van der Waals surface area contributed by atoms with Crippen molar-refractivity contribution >= 4 is 15.7 Å². The number of nitrogens with two attached hydrogens (primary N) is 1. The molecule has 2 rings (SSSR count). The highest BCUT2D eigenvalue weighted by atomic mass is 32.2. The molecule has 0 radical (unpaired) electrons. The Kier molecular flexibility index (Phi) is 4.44. The van der Waals surface area contributed by atoms with Gasteiger partial charge >= 0.3 is 0 Å². The predicted molar refractivity (Wildman–Crippen MR) is 77.8 cm³/mol. The van der Waals surface area contributed by atoms with Crippen molar-refractivity contribution in [3.05, 3.63) is 53.8 Å². The number of hydrogen-bond acceptors (Lipinski definition) is 4. The van der Waals surface area contributed by atoms with Crippen LogP contribution in [0.2, 0.25) is 0 Å². The number of rotatable bonds is 5. The topological polar surface area (TPSA) is 81.4 Å². The van der Waals surface area contributed by atoms with Crippen LogP contribution < -0.4 is 15.2 Å². The highest BCUT2D eigenvalue weighted by molar-refractivity contribution is 7.89. The lowest BCUT2D eigenvalue weighted by Crippen LogP contribution is -2.24. The molecule has 0 spiro atoms. The molecule has 0 saturated heterocycles. The smallest absolute Gasteiger partial charge is 0.243 e. The maximum Gasteiger partial charge on any atom is 0.243 e. The number of ether oxygens (including phenoxy) is 1. The Bertz CT molecular complexity index is 748. The third kappa shape index (κ3) is 3.50. The molecule has 0 atom stereocenters. The first-order chi connectivity index (χ1) is 9.94. The van der Waals surface area contributed by atoms with Gasteiger partial charge in [0.1, 0.15) is 16.5 Å². The van der Waals surface area contributed by atoms with Crippen LogP contribution in [0.15, 0.2) is 47.4 Å². The number of nitrogen functional groups attached to an aromatic ring is 1. The Morgan fingerprint density at radius 2 is 1.95 bits per heavy atom. The quantitative estimate of drug-likeness (QED) is 0.826. The van der Waals surface area contributed by atoms with Gasteiger partial charge < -0.3 is 10.5 Å². The van der Waals surface area contributed by atoms with Crippen molar-refractivity contribution in [2.24, 2.45) is 0 Å². The number of hydrogen-bond donors (Lipinski definition) is 2. The van der Waals surface area contributed by atoms with E-state index in [1.54, 1.807) is 24.3 Å². The van der Waals surface area contributed by atoms with E-state index in [-0.39, 0.29) is 11.4 Å². The van der Waals surface area contributed by atoms with Crippen LogP contribution in [0.5, 0.6) is 5.75 Å². The number of halogens is 1. The van der Waals surface area contributed by atoms with E-state index in [0.29, 0.717) is 11.3 Å². The maximum atomic E-state index is 13.3. The molecule has 5 nitrogen and oxygen atoms in total. The second kappa shape index (κ2) is 6.11. The average molecular weight is 310 g/mol. The minimum atomic E-state index is -3.89. The summed E-state index contributed by atoms with van der Waals surface area (Å²) in [7, 11) is -2.36. The number of nitrogens with one attached hydrogen (secondary N) is 1. The molecule has 0 aliphatic rings. The molecule has 0 aliphatic heterocycles. The minimum Gasteiger partial charge on any atom is -0.497 e. The fourth-order valence-electron chi connectivity index (χ4n) is 1.79. The minimum absolute atomic E-state index is 0.0511. The van der Waals surface area contributed by atoms with Gasteiger partial charge in [-0.2, -0.15) is 0 Å². The van der Waals surface area contributed by atoms with E-state index in [1.807, 2.05) is 0 Å². The van der Waals surface area contributed by atoms with Crippen molar-refractivity contribution < 1.29 is 17.5 Å². The van der Waals surface area contributed by atoms with Crippen molar-refractivity contribution in [3.8, 4) is 5.75 Å². The molecule has 0 bridgehead atoms. The van der Waals surface area contributed by atoms with Crippen LogP contribution in [0.4, 0.5) is 10.1 Å². The van der Waals surface area contributed by atoms with E-state index >= 15 is 0 Å². The lowest BCUT2D eigenvalue weighted by atomic mass is 10.2. The number of benzene rings is 2. The molecule has 2 aromatic rings. The lowest BCUT2D eigenvalue weighted by molar-refractivity contribution is 0.414. The second-order valence-corrected chi connectivity index (χ2v) is 6.06. The van der Waals surface area contributed by atoms with E-state index in [9.17, 15) is 12.8 Å². The first kappa shape index (κ1) is 15.3. The highest BCUT2D eigenvalue weighted by Crippen LogP contribution is 2.21. The van der Waals surface area contributed by atoms with E-state index in [1.165, 1.54) is 19.2 Å². The SMILES string of the molecule is COc1cccc(CNS(=O)(=O)c2cccc(F)c2N)c1. The van der Waals surface area contributed by atoms with Gasteiger partial charge in [-0.3, -0.25) is 0 Å². The third-order valence-electron chi connectivity index (χ3n) is 2.90. The molecule has 0 fully saturated rings. The number of methoxy groups -OCH3 is 1. The summed E-state index contributed by atoms with van der Waals surface area (Å²) in [5, 5.41) is 0. The summed E-state index contributed by atoms with van der Waals surface area (Å²) in [6.45, 7) is 0.0511. The largest absolute Gasteiger partial charge is 0.497 e. The Morgan fingerprint density at radius 1 is 1.24 bits per heavy atom. The molecule has 0 amide bonds. The summed E-state index contributed by atoms with van der Waals surface area (Å²) < 4.78 is 45.1. The Morgan fingerprint density at radius 3 is 2.67 bits per heavy atom. The van der Waals surface area contributed by atoms with Gasteiger partial charge in [-0.15, -0.1) is 0 Å². The van der Waals surface area contributed by atoms with E-state index in [0.717, 1.165) is 6.07 Å². The van der Waals surface area contributed by atoms with Gasteiger partial charge in [-0.1, -0.05) is 18.2 Å². The molecule has 0 aliphatic carbocycles. The summed E-state index contributed by atoms with van der Waals surface area (Å²) in [5.74, 6) is -0.142. The molecule has 0 heterocycles. The first-order valence-corrected chi connectivity index (χ1v) is 7.59. The fraction of sp³-hybridized carbons (Fsp3) is 0.143. The maximum absolute atomic E-state index is 13.3. The van der Waals surface area contributed by atoms with Gasteiger partial charge in [0.2, 0.25) is 10.0 Å². The molecule has 3 N–H and O–H groups in total. The van der Waals surface area contributed by atoms with Gasteiger partial charge in [-0.25, -0.2) is 17.5 Å². The first-order valence-electron chi connectivity index (χ1n) is 6.10. The van der Waals surface area contributed by atoms with Gasteiger partial charge in [0, 0.05) is 6.54 Å². The van der Waals surface area contributed by atoms with Gasteiger partial charge in [-0.05, 0) is 29.8 Å². The normalized spacial score (nSPS) is 11.3. The lowest BCUT2D eigenvalue weighted by Gasteiger charge is -2.10. The van der Waals surface area contributed by atoms with Gasteiger partial charge in [0.05, 0.1) is 12.8 Å². The van der Waals surface area contributed by atoms with Crippen LogP contribution in [0.25, 0.3) is 0 Å². The summed E-state index contributed by atoms with van der Waals surface area (Å²) in [4.78, 5) is -0.273. The van der Waals surface area contributed by atoms with Gasteiger partial charge in [0.15, 0.2) is 0 Å². The van der Waals surface area contributed by atoms with Crippen LogP contribution >= 0.6 is 0 Å². The van der Waals surface area contributed by atoms with Crippen LogP contribution in [-0.4, -0.2) is 15.5 Å². The van der Waals surface area contributed by atoms with Crippen molar-refractivity contribution in [2.45, 2.75) is 11.4 Å². The zero-order valence-electron chi connectivity index (χ0n) is 11.3. The summed E-state index contributed by atoms with van der Waals surface area (Å²) in [6, 6.07) is 10.6. The molecule has 21 heavy (non-hydrogen) atoms. The van der Waals surface area contributed by atoms with Crippen molar-refractivity contribution in [3.63, 3.8) is 0 Å². The fourth-order valence-corrected chi connectivity index (χ4v) is 2.95. The number of sulfonamides is 1. The average Bonchev–Trinajstić information content (AvgIpc) is 2.48. The Labute approximate surface area is 122 Å². The van der Waals surface area contributed by atoms with Crippen molar-refractivity contribution in [1.29, 1.82) is 0 Å². The monoisotopic (exact) mass is 310 g/mol. The van der Waals surface area contributed by atoms with Gasteiger partial charge in [0.25, 0.3) is 0 Å². The van der Waals surface area contributed by atoms with Crippen molar-refractivity contribution in [1.82, 2.24) is 4.72 Å². The number of para-hydroxylation sites is 1. The highest BCUT2D eigenvalue weighted by Gasteiger charge is 2.19. The Hall–Kier alpha value is -2.12. The standard InChI is InChI=1S/C14H15FN2O3S/c1-20-11-5-2-4-10(8-11)9-17-21(18,19)13-7-3-6-12(15)14(13)16/h2-8,17H,9,16H2,1H3. The summed E-state index contributed by atoms with van der Waals surface area (Å²) >= 11 is 0. The number of anilines is 1. The van der Waals surface area contributed by atoms with Crippen molar-refractivity contribution in [2.75, 3.05) is 12.8 Å². The molecular formula is C14H15FN2O3S.